The first-order chi connectivity index (χ1) is 14.6. The first kappa shape index (κ1) is 22.4. The van der Waals surface area contributed by atoms with E-state index in [4.69, 9.17) is 23.2 Å². The van der Waals surface area contributed by atoms with Gasteiger partial charge < -0.3 is 4.90 Å². The summed E-state index contributed by atoms with van der Waals surface area (Å²) in [4.78, 5) is 16.3. The molecule has 31 heavy (non-hydrogen) atoms. The van der Waals surface area contributed by atoms with Gasteiger partial charge in [0, 0.05) is 49.2 Å². The van der Waals surface area contributed by atoms with Gasteiger partial charge in [0.05, 0.1) is 10.7 Å². The molecular formula is C20H20Cl2F4N4O. The quantitative estimate of drug-likeness (QED) is 0.591. The molecule has 4 rings (SSSR count). The molecular weight excluding hydrogens is 459 g/mol. The van der Waals surface area contributed by atoms with Gasteiger partial charge in [-0.1, -0.05) is 29.3 Å². The monoisotopic (exact) mass is 478 g/mol. The molecule has 2 aliphatic rings. The lowest BCUT2D eigenvalue weighted by molar-refractivity contribution is -0.142. The van der Waals surface area contributed by atoms with Crippen LogP contribution in [0.4, 0.5) is 17.6 Å². The SMILES string of the molecule is O=C(Cn1nc(C(F)(F)F)c(Cl)c1C1CC1)N1CCN(Cc2c(F)cccc2Cl)CC1. The molecule has 168 valence electrons. The first-order valence-electron chi connectivity index (χ1n) is 9.91. The number of aromatic nitrogens is 2. The predicted molar refractivity (Wildman–Crippen MR) is 107 cm³/mol. The van der Waals surface area contributed by atoms with Crippen molar-refractivity contribution in [3.8, 4) is 0 Å². The summed E-state index contributed by atoms with van der Waals surface area (Å²) in [5.74, 6) is -0.792. The van der Waals surface area contributed by atoms with Crippen molar-refractivity contribution in [3.63, 3.8) is 0 Å². The van der Waals surface area contributed by atoms with Gasteiger partial charge in [0.25, 0.3) is 0 Å². The Labute approximate surface area is 186 Å². The van der Waals surface area contributed by atoms with E-state index in [1.54, 1.807) is 17.0 Å². The Bertz CT molecular complexity index is 962. The molecule has 0 unspecified atom stereocenters. The summed E-state index contributed by atoms with van der Waals surface area (Å²) in [6.07, 6.45) is -3.21. The number of alkyl halides is 3. The van der Waals surface area contributed by atoms with Gasteiger partial charge >= 0.3 is 6.18 Å². The number of rotatable bonds is 5. The molecule has 5 nitrogen and oxygen atoms in total. The molecule has 1 aliphatic heterocycles. The van der Waals surface area contributed by atoms with E-state index < -0.39 is 16.9 Å². The minimum absolute atomic E-state index is 0.0914. The number of hydrogen-bond acceptors (Lipinski definition) is 3. The lowest BCUT2D eigenvalue weighted by atomic mass is 10.2. The van der Waals surface area contributed by atoms with Crippen LogP contribution in [0.25, 0.3) is 0 Å². The predicted octanol–water partition coefficient (Wildman–Crippen LogP) is 4.57. The van der Waals surface area contributed by atoms with Crippen LogP contribution in [0.15, 0.2) is 18.2 Å². The van der Waals surface area contributed by atoms with Crippen molar-refractivity contribution in [2.24, 2.45) is 0 Å². The number of carbonyl (C=O) groups excluding carboxylic acids is 1. The van der Waals surface area contributed by atoms with Crippen LogP contribution in [0.5, 0.6) is 0 Å². The Morgan fingerprint density at radius 3 is 2.39 bits per heavy atom. The van der Waals surface area contributed by atoms with Crippen molar-refractivity contribution < 1.29 is 22.4 Å². The summed E-state index contributed by atoms with van der Waals surface area (Å²) in [6, 6.07) is 4.52. The van der Waals surface area contributed by atoms with E-state index >= 15 is 0 Å². The second-order valence-electron chi connectivity index (χ2n) is 7.83. The zero-order chi connectivity index (χ0) is 22.3. The molecule has 1 saturated carbocycles. The number of halogens is 6. The van der Waals surface area contributed by atoms with Gasteiger partial charge in [0.15, 0.2) is 5.69 Å². The van der Waals surface area contributed by atoms with Gasteiger partial charge in [-0.05, 0) is 25.0 Å². The molecule has 1 amide bonds. The highest BCUT2D eigenvalue weighted by atomic mass is 35.5. The number of amides is 1. The highest BCUT2D eigenvalue weighted by Gasteiger charge is 2.42. The molecule has 0 atom stereocenters. The van der Waals surface area contributed by atoms with Crippen LogP contribution in [0.3, 0.4) is 0 Å². The van der Waals surface area contributed by atoms with Crippen LogP contribution in [0.2, 0.25) is 10.0 Å². The second kappa shape index (κ2) is 8.60. The Morgan fingerprint density at radius 2 is 1.81 bits per heavy atom. The van der Waals surface area contributed by atoms with Crippen molar-refractivity contribution in [3.05, 3.63) is 51.0 Å². The average Bonchev–Trinajstić information content (AvgIpc) is 3.48. The summed E-state index contributed by atoms with van der Waals surface area (Å²) >= 11 is 12.0. The van der Waals surface area contributed by atoms with Crippen LogP contribution in [0, 0.1) is 5.82 Å². The highest BCUT2D eigenvalue weighted by Crippen LogP contribution is 2.46. The Kier molecular flexibility index (Phi) is 6.20. The van der Waals surface area contributed by atoms with E-state index in [-0.39, 0.29) is 29.9 Å². The van der Waals surface area contributed by atoms with Gasteiger partial charge in [-0.15, -0.1) is 0 Å². The van der Waals surface area contributed by atoms with Crippen molar-refractivity contribution in [1.29, 1.82) is 0 Å². The zero-order valence-electron chi connectivity index (χ0n) is 16.4. The third-order valence-corrected chi connectivity index (χ3v) is 6.34. The van der Waals surface area contributed by atoms with Crippen LogP contribution >= 0.6 is 23.2 Å². The van der Waals surface area contributed by atoms with Crippen LogP contribution in [-0.2, 0) is 24.1 Å². The van der Waals surface area contributed by atoms with Crippen LogP contribution in [-0.4, -0.2) is 51.7 Å². The Hall–Kier alpha value is -1.84. The fourth-order valence-corrected chi connectivity index (χ4v) is 4.41. The minimum atomic E-state index is -4.67. The van der Waals surface area contributed by atoms with Gasteiger partial charge in [-0.2, -0.15) is 18.3 Å². The number of carbonyl (C=O) groups is 1. The first-order valence-corrected chi connectivity index (χ1v) is 10.7. The molecule has 2 aromatic rings. The normalized spacial score (nSPS) is 17.9. The number of nitrogens with zero attached hydrogens (tertiary/aromatic N) is 4. The smallest absolute Gasteiger partial charge is 0.339 e. The third kappa shape index (κ3) is 4.83. The summed E-state index contributed by atoms with van der Waals surface area (Å²) in [5.41, 5.74) is -0.450. The summed E-state index contributed by atoms with van der Waals surface area (Å²) in [5, 5.41) is 3.55. The Morgan fingerprint density at radius 1 is 1.13 bits per heavy atom. The van der Waals surface area contributed by atoms with Gasteiger partial charge in [-0.25, -0.2) is 4.39 Å². The lowest BCUT2D eigenvalue weighted by Crippen LogP contribution is -2.49. The topological polar surface area (TPSA) is 41.4 Å². The van der Waals surface area contributed by atoms with Crippen molar-refractivity contribution in [1.82, 2.24) is 19.6 Å². The van der Waals surface area contributed by atoms with Crippen LogP contribution in [0.1, 0.15) is 35.7 Å². The molecule has 0 spiro atoms. The number of piperazine rings is 1. The van der Waals surface area contributed by atoms with Gasteiger partial charge in [0.2, 0.25) is 5.91 Å². The third-order valence-electron chi connectivity index (χ3n) is 5.62. The molecule has 1 aromatic carbocycles. The molecule has 1 saturated heterocycles. The molecule has 0 bridgehead atoms. The summed E-state index contributed by atoms with van der Waals surface area (Å²) < 4.78 is 54.7. The van der Waals surface area contributed by atoms with E-state index in [1.807, 2.05) is 4.90 Å². The fourth-order valence-electron chi connectivity index (χ4n) is 3.79. The van der Waals surface area contributed by atoms with E-state index in [0.717, 1.165) is 17.5 Å². The van der Waals surface area contributed by atoms with Crippen LogP contribution < -0.4 is 0 Å². The summed E-state index contributed by atoms with van der Waals surface area (Å²) in [6.45, 7) is 1.79. The molecule has 2 heterocycles. The van der Waals surface area contributed by atoms with Crippen molar-refractivity contribution in [2.75, 3.05) is 26.2 Å². The average molecular weight is 479 g/mol. The number of benzene rings is 1. The van der Waals surface area contributed by atoms with Crippen molar-refractivity contribution in [2.45, 2.75) is 38.0 Å². The standard InChI is InChI=1S/C20H20Cl2F4N4O/c21-14-2-1-3-15(23)13(14)10-28-6-8-29(9-7-28)16(31)11-30-18(12-4-5-12)17(22)19(27-30)20(24,25)26/h1-3,12H,4-11H2. The van der Waals surface area contributed by atoms with E-state index in [1.165, 1.54) is 6.07 Å². The summed E-state index contributed by atoms with van der Waals surface area (Å²) in [7, 11) is 0. The molecule has 0 N–H and O–H groups in total. The molecule has 2 fully saturated rings. The largest absolute Gasteiger partial charge is 0.436 e. The van der Waals surface area contributed by atoms with E-state index in [9.17, 15) is 22.4 Å². The molecule has 1 aromatic heterocycles. The number of hydrogen-bond donors (Lipinski definition) is 0. The van der Waals surface area contributed by atoms with Crippen molar-refractivity contribution >= 4 is 29.1 Å². The maximum atomic E-state index is 14.0. The molecule has 1 aliphatic carbocycles. The van der Waals surface area contributed by atoms with E-state index in [2.05, 4.69) is 5.10 Å². The van der Waals surface area contributed by atoms with Gasteiger partial charge in [0.1, 0.15) is 12.4 Å². The lowest BCUT2D eigenvalue weighted by Gasteiger charge is -2.35. The Balaban J connectivity index is 1.40. The fraction of sp³-hybridized carbons (Fsp3) is 0.500. The maximum absolute atomic E-state index is 14.0. The maximum Gasteiger partial charge on any atom is 0.436 e. The minimum Gasteiger partial charge on any atom is -0.339 e. The molecule has 11 heteroatoms. The van der Waals surface area contributed by atoms with Gasteiger partial charge in [-0.3, -0.25) is 14.4 Å². The molecule has 0 radical (unpaired) electrons. The zero-order valence-corrected chi connectivity index (χ0v) is 17.9. The highest BCUT2D eigenvalue weighted by molar-refractivity contribution is 6.32. The second-order valence-corrected chi connectivity index (χ2v) is 8.62. The van der Waals surface area contributed by atoms with E-state index in [0.29, 0.717) is 43.3 Å².